The molecule has 0 radical (unpaired) electrons. The van der Waals surface area contributed by atoms with Gasteiger partial charge in [0.1, 0.15) is 6.04 Å². The van der Waals surface area contributed by atoms with Gasteiger partial charge in [-0.15, -0.1) is 0 Å². The number of ketones is 3. The molecular formula is C46H67BN4O8. The number of unbranched alkanes of at least 4 members (excludes halogenated alkanes) is 1. The molecule has 7 N–H and O–H groups in total. The van der Waals surface area contributed by atoms with Crippen molar-refractivity contribution in [2.45, 2.75) is 135 Å². The van der Waals surface area contributed by atoms with Gasteiger partial charge in [0.15, 0.2) is 17.3 Å². The van der Waals surface area contributed by atoms with E-state index in [1.807, 2.05) is 19.1 Å². The molecule has 1 aliphatic heterocycles. The van der Waals surface area contributed by atoms with Gasteiger partial charge < -0.3 is 36.5 Å². The van der Waals surface area contributed by atoms with Crippen LogP contribution in [0.2, 0.25) is 5.82 Å². The largest absolute Gasteiger partial charge is 0.461 e. The van der Waals surface area contributed by atoms with Crippen molar-refractivity contribution in [1.29, 1.82) is 0 Å². The quantitative estimate of drug-likeness (QED) is 0.0733. The van der Waals surface area contributed by atoms with E-state index in [4.69, 9.17) is 20.8 Å². The standard InChI is InChI=1S/C46H67BN4O8/c1-7-8-9-30-10-12-31(13-11-30)32-14-16-33(17-15-32)38(53)24-34(18-20-48)44(57)50-36(19-21-49)39(54)22-28(2)43(56)51-37(27-52)40(55)23-29(3)47-58-42-26-35-25-41(45(35,4)5)46(42,6)59-47/h10-17,28-29,34-37,41-42,52H,7-9,18-27,48-49H2,1-6H3,(H,50,57)(H,51,56)/t28-,29-,34-,35+,36+,37+,41+,42?,46+/m1/s1. The number of benzene rings is 2. The number of rotatable bonds is 23. The lowest BCUT2D eigenvalue weighted by molar-refractivity contribution is -0.199. The summed E-state index contributed by atoms with van der Waals surface area (Å²) in [6.07, 6.45) is 5.40. The third-order valence-electron chi connectivity index (χ3n) is 13.6. The van der Waals surface area contributed by atoms with Gasteiger partial charge in [0.05, 0.1) is 24.4 Å². The van der Waals surface area contributed by atoms with Crippen molar-refractivity contribution in [1.82, 2.24) is 10.6 Å². The van der Waals surface area contributed by atoms with Crippen molar-refractivity contribution in [2.24, 2.45) is 40.6 Å². The summed E-state index contributed by atoms with van der Waals surface area (Å²) >= 11 is 0. The van der Waals surface area contributed by atoms with E-state index in [0.29, 0.717) is 17.4 Å². The molecule has 13 heteroatoms. The smallest absolute Gasteiger partial charge is 0.405 e. The van der Waals surface area contributed by atoms with E-state index in [1.165, 1.54) is 5.56 Å². The first-order chi connectivity index (χ1) is 28.1. The molecule has 3 saturated carbocycles. The van der Waals surface area contributed by atoms with Crippen LogP contribution < -0.4 is 22.1 Å². The molecular weight excluding hydrogens is 747 g/mol. The summed E-state index contributed by atoms with van der Waals surface area (Å²) in [5.74, 6) is -3.04. The summed E-state index contributed by atoms with van der Waals surface area (Å²) in [6, 6.07) is 13.6. The first-order valence-electron chi connectivity index (χ1n) is 21.8. The summed E-state index contributed by atoms with van der Waals surface area (Å²) in [6.45, 7) is 11.9. The van der Waals surface area contributed by atoms with Crippen LogP contribution in [0, 0.1) is 29.1 Å². The number of nitrogens with two attached hydrogens (primary N) is 2. The maximum Gasteiger partial charge on any atom is 0.461 e. The van der Waals surface area contributed by atoms with Gasteiger partial charge in [-0.2, -0.15) is 0 Å². The molecule has 2 bridgehead atoms. The van der Waals surface area contributed by atoms with Crippen molar-refractivity contribution in [3.63, 3.8) is 0 Å². The topological polar surface area (TPSA) is 200 Å². The molecule has 0 spiro atoms. The summed E-state index contributed by atoms with van der Waals surface area (Å²) in [7, 11) is -0.566. The van der Waals surface area contributed by atoms with Crippen LogP contribution in [0.25, 0.3) is 11.1 Å². The van der Waals surface area contributed by atoms with E-state index < -0.39 is 60.8 Å². The molecule has 322 valence electrons. The summed E-state index contributed by atoms with van der Waals surface area (Å²) in [4.78, 5) is 67.1. The monoisotopic (exact) mass is 815 g/mol. The number of aliphatic hydroxyl groups is 1. The number of aryl methyl sites for hydroxylation is 1. The van der Waals surface area contributed by atoms with Gasteiger partial charge in [0, 0.05) is 36.7 Å². The fourth-order valence-electron chi connectivity index (χ4n) is 9.51. The van der Waals surface area contributed by atoms with E-state index >= 15 is 0 Å². The molecule has 0 aromatic heterocycles. The maximum absolute atomic E-state index is 13.5. The lowest BCUT2D eigenvalue weighted by Gasteiger charge is -2.64. The highest BCUT2D eigenvalue weighted by molar-refractivity contribution is 6.47. The molecule has 1 saturated heterocycles. The van der Waals surface area contributed by atoms with Crippen LogP contribution in [-0.2, 0) is 34.9 Å². The molecule has 2 amide bonds. The Labute approximate surface area is 350 Å². The van der Waals surface area contributed by atoms with Gasteiger partial charge in [0.2, 0.25) is 11.8 Å². The predicted molar refractivity (Wildman–Crippen MR) is 229 cm³/mol. The van der Waals surface area contributed by atoms with Crippen molar-refractivity contribution < 1.29 is 38.4 Å². The second-order valence-electron chi connectivity index (χ2n) is 18.2. The minimum absolute atomic E-state index is 0.0250. The molecule has 2 aromatic carbocycles. The van der Waals surface area contributed by atoms with Gasteiger partial charge >= 0.3 is 7.12 Å². The second-order valence-corrected chi connectivity index (χ2v) is 18.2. The van der Waals surface area contributed by atoms with E-state index in [2.05, 4.69) is 62.6 Å². The minimum atomic E-state index is -1.17. The number of aliphatic hydroxyl groups excluding tert-OH is 1. The normalized spacial score (nSPS) is 24.2. The molecule has 1 heterocycles. The minimum Gasteiger partial charge on any atom is -0.405 e. The molecule has 6 rings (SSSR count). The van der Waals surface area contributed by atoms with E-state index in [1.54, 1.807) is 19.1 Å². The molecule has 59 heavy (non-hydrogen) atoms. The number of carbonyl (C=O) groups is 5. The second kappa shape index (κ2) is 20.2. The molecule has 3 aliphatic carbocycles. The van der Waals surface area contributed by atoms with Gasteiger partial charge in [-0.1, -0.05) is 89.6 Å². The highest BCUT2D eigenvalue weighted by atomic mass is 16.7. The number of Topliss-reactive ketones (excluding diaryl/α,β-unsaturated/α-hetero) is 3. The summed E-state index contributed by atoms with van der Waals surface area (Å²) < 4.78 is 12.9. The van der Waals surface area contributed by atoms with Crippen LogP contribution in [0.1, 0.15) is 115 Å². The zero-order valence-corrected chi connectivity index (χ0v) is 36.0. The Balaban J connectivity index is 1.11. The summed E-state index contributed by atoms with van der Waals surface area (Å²) in [5, 5.41) is 15.5. The Hall–Kier alpha value is -3.75. The first-order valence-corrected chi connectivity index (χ1v) is 21.8. The van der Waals surface area contributed by atoms with Crippen LogP contribution in [0.5, 0.6) is 0 Å². The van der Waals surface area contributed by atoms with Crippen molar-refractivity contribution in [3.05, 3.63) is 59.7 Å². The van der Waals surface area contributed by atoms with Crippen LogP contribution in [-0.4, -0.2) is 84.9 Å². The van der Waals surface area contributed by atoms with Gasteiger partial charge in [-0.25, -0.2) is 0 Å². The zero-order valence-electron chi connectivity index (χ0n) is 36.0. The van der Waals surface area contributed by atoms with E-state index in [-0.39, 0.29) is 74.1 Å². The Kier molecular flexibility index (Phi) is 15.9. The van der Waals surface area contributed by atoms with E-state index in [0.717, 1.165) is 43.2 Å². The highest BCUT2D eigenvalue weighted by Gasteiger charge is 2.68. The summed E-state index contributed by atoms with van der Waals surface area (Å²) in [5.41, 5.74) is 15.3. The first kappa shape index (κ1) is 46.3. The number of hydrogen-bond donors (Lipinski definition) is 5. The number of amides is 2. The average molecular weight is 815 g/mol. The molecule has 4 aliphatic rings. The van der Waals surface area contributed by atoms with Crippen LogP contribution in [0.15, 0.2) is 48.5 Å². The number of nitrogens with one attached hydrogen (secondary N) is 2. The maximum atomic E-state index is 13.5. The Bertz CT molecular complexity index is 1790. The SMILES string of the molecule is CCCCc1ccc(-c2ccc(C(=O)C[C@@H](CCN)C(=O)N[C@@H](CCN)C(=O)C[C@@H](C)C(=O)N[C@@H](CO)C(=O)C[C@@H](C)B3OC4C[C@@H]5C[C@@H](C5(C)C)[C@]4(C)O3)cc2)cc1. The fraction of sp³-hybridized carbons (Fsp3) is 0.630. The van der Waals surface area contributed by atoms with Crippen molar-refractivity contribution in [3.8, 4) is 11.1 Å². The Morgan fingerprint density at radius 1 is 0.831 bits per heavy atom. The molecule has 12 nitrogen and oxygen atoms in total. The average Bonchev–Trinajstić information content (AvgIpc) is 3.59. The van der Waals surface area contributed by atoms with Crippen LogP contribution in [0.3, 0.4) is 0 Å². The third-order valence-corrected chi connectivity index (χ3v) is 13.6. The highest BCUT2D eigenvalue weighted by Crippen LogP contribution is 2.66. The lowest BCUT2D eigenvalue weighted by Crippen LogP contribution is -2.65. The lowest BCUT2D eigenvalue weighted by atomic mass is 9.43. The number of hydrogen-bond acceptors (Lipinski definition) is 10. The van der Waals surface area contributed by atoms with Crippen molar-refractivity contribution >= 4 is 36.3 Å². The van der Waals surface area contributed by atoms with Gasteiger partial charge in [-0.3, -0.25) is 24.0 Å². The molecule has 9 atom stereocenters. The van der Waals surface area contributed by atoms with Crippen molar-refractivity contribution in [2.75, 3.05) is 19.7 Å². The number of carbonyl (C=O) groups excluding carboxylic acids is 5. The fourth-order valence-corrected chi connectivity index (χ4v) is 9.51. The van der Waals surface area contributed by atoms with Crippen LogP contribution >= 0.6 is 0 Å². The zero-order chi connectivity index (χ0) is 43.1. The van der Waals surface area contributed by atoms with E-state index in [9.17, 15) is 29.1 Å². The molecule has 1 unspecified atom stereocenters. The predicted octanol–water partition coefficient (Wildman–Crippen LogP) is 5.22. The molecule has 2 aromatic rings. The van der Waals surface area contributed by atoms with Gasteiger partial charge in [-0.05, 0) is 98.3 Å². The van der Waals surface area contributed by atoms with Gasteiger partial charge in [0.25, 0.3) is 0 Å². The Morgan fingerprint density at radius 2 is 1.44 bits per heavy atom. The third kappa shape index (κ3) is 10.8. The molecule has 4 fully saturated rings. The van der Waals surface area contributed by atoms with Crippen LogP contribution in [0.4, 0.5) is 0 Å². The Morgan fingerprint density at radius 3 is 2.03 bits per heavy atom.